The van der Waals surface area contributed by atoms with Crippen molar-refractivity contribution in [3.8, 4) is 11.8 Å². The summed E-state index contributed by atoms with van der Waals surface area (Å²) in [6.45, 7) is 1.84. The summed E-state index contributed by atoms with van der Waals surface area (Å²) >= 11 is 0. The number of nitrogens with zero attached hydrogens (tertiary/aromatic N) is 1. The Hall–Kier alpha value is -2.02. The third kappa shape index (κ3) is 2.49. The van der Waals surface area contributed by atoms with Gasteiger partial charge in [-0.15, -0.1) is 0 Å². The summed E-state index contributed by atoms with van der Waals surface area (Å²) in [6, 6.07) is 1.70. The van der Waals surface area contributed by atoms with Crippen LogP contribution in [-0.2, 0) is 4.79 Å². The first-order valence-electron chi connectivity index (χ1n) is 3.63. The molecule has 1 rings (SSSR count). The number of aryl methyl sites for hydroxylation is 1. The van der Waals surface area contributed by atoms with Gasteiger partial charge >= 0.3 is 0 Å². The molecule has 1 aromatic heterocycles. The number of primary amides is 1. The van der Waals surface area contributed by atoms with Crippen LogP contribution in [0, 0.1) is 18.8 Å². The lowest BCUT2D eigenvalue weighted by Crippen LogP contribution is -2.06. The van der Waals surface area contributed by atoms with Gasteiger partial charge in [0.15, 0.2) is 0 Å². The van der Waals surface area contributed by atoms with Crippen molar-refractivity contribution in [1.82, 2.24) is 4.98 Å². The molecular weight excluding hydrogens is 166 g/mol. The molecule has 0 atom stereocenters. The predicted molar refractivity (Wildman–Crippen MR) is 49.5 cm³/mol. The van der Waals surface area contributed by atoms with E-state index in [4.69, 9.17) is 11.5 Å². The highest BCUT2D eigenvalue weighted by Gasteiger charge is 1.94. The van der Waals surface area contributed by atoms with Crippen LogP contribution < -0.4 is 11.5 Å². The molecule has 1 amide bonds. The molecule has 0 bridgehead atoms. The Morgan fingerprint density at radius 1 is 1.62 bits per heavy atom. The number of pyridine rings is 1. The van der Waals surface area contributed by atoms with Crippen molar-refractivity contribution in [2.75, 3.05) is 5.73 Å². The molecule has 0 saturated carbocycles. The number of aromatic nitrogens is 1. The van der Waals surface area contributed by atoms with E-state index < -0.39 is 5.91 Å². The van der Waals surface area contributed by atoms with Crippen molar-refractivity contribution >= 4 is 11.6 Å². The van der Waals surface area contributed by atoms with Crippen LogP contribution >= 0.6 is 0 Å². The van der Waals surface area contributed by atoms with Gasteiger partial charge in [-0.3, -0.25) is 4.79 Å². The molecule has 66 valence electrons. The zero-order chi connectivity index (χ0) is 9.84. The van der Waals surface area contributed by atoms with Crippen molar-refractivity contribution in [2.45, 2.75) is 6.92 Å². The number of hydrogen-bond acceptors (Lipinski definition) is 3. The number of hydrogen-bond donors (Lipinski definition) is 2. The van der Waals surface area contributed by atoms with E-state index in [2.05, 4.69) is 16.8 Å². The fourth-order valence-electron chi connectivity index (χ4n) is 0.761. The molecule has 0 aliphatic rings. The SMILES string of the molecule is Cc1cc(C#CC(N)=O)ncc1N. The van der Waals surface area contributed by atoms with E-state index in [0.717, 1.165) is 5.56 Å². The molecule has 0 radical (unpaired) electrons. The Morgan fingerprint density at radius 2 is 2.31 bits per heavy atom. The van der Waals surface area contributed by atoms with Gasteiger partial charge < -0.3 is 11.5 Å². The number of nitrogen functional groups attached to an aromatic ring is 1. The van der Waals surface area contributed by atoms with Crippen LogP contribution in [0.3, 0.4) is 0 Å². The molecule has 0 saturated heterocycles. The van der Waals surface area contributed by atoms with Gasteiger partial charge in [0.1, 0.15) is 5.69 Å². The van der Waals surface area contributed by atoms with Crippen molar-refractivity contribution in [3.63, 3.8) is 0 Å². The van der Waals surface area contributed by atoms with Crippen LogP contribution in [0.4, 0.5) is 5.69 Å². The fourth-order valence-corrected chi connectivity index (χ4v) is 0.761. The van der Waals surface area contributed by atoms with Gasteiger partial charge in [0, 0.05) is 5.92 Å². The van der Waals surface area contributed by atoms with Gasteiger partial charge in [-0.05, 0) is 24.5 Å². The van der Waals surface area contributed by atoms with Gasteiger partial charge in [-0.25, -0.2) is 4.98 Å². The monoisotopic (exact) mass is 175 g/mol. The van der Waals surface area contributed by atoms with E-state index in [9.17, 15) is 4.79 Å². The maximum Gasteiger partial charge on any atom is 0.293 e. The Balaban J connectivity index is 3.00. The fraction of sp³-hybridized carbons (Fsp3) is 0.111. The van der Waals surface area contributed by atoms with Crippen LogP contribution in [0.15, 0.2) is 12.3 Å². The maximum atomic E-state index is 10.3. The second-order valence-electron chi connectivity index (χ2n) is 2.54. The topological polar surface area (TPSA) is 82.0 Å². The van der Waals surface area contributed by atoms with Crippen LogP contribution in [0.1, 0.15) is 11.3 Å². The minimum Gasteiger partial charge on any atom is -0.397 e. The van der Waals surface area contributed by atoms with Crippen molar-refractivity contribution in [2.24, 2.45) is 5.73 Å². The van der Waals surface area contributed by atoms with Crippen LogP contribution in [0.2, 0.25) is 0 Å². The Kier molecular flexibility index (Phi) is 2.50. The van der Waals surface area contributed by atoms with E-state index >= 15 is 0 Å². The number of carbonyl (C=O) groups is 1. The molecule has 4 N–H and O–H groups in total. The third-order valence-electron chi connectivity index (χ3n) is 1.47. The number of nitrogens with two attached hydrogens (primary N) is 2. The van der Waals surface area contributed by atoms with Crippen molar-refractivity contribution in [1.29, 1.82) is 0 Å². The Labute approximate surface area is 76.0 Å². The van der Waals surface area contributed by atoms with E-state index in [1.807, 2.05) is 6.92 Å². The van der Waals surface area contributed by atoms with Crippen molar-refractivity contribution in [3.05, 3.63) is 23.5 Å². The average molecular weight is 175 g/mol. The largest absolute Gasteiger partial charge is 0.397 e. The Morgan fingerprint density at radius 3 is 2.85 bits per heavy atom. The van der Waals surface area contributed by atoms with Gasteiger partial charge in [0.25, 0.3) is 5.91 Å². The van der Waals surface area contributed by atoms with Crippen molar-refractivity contribution < 1.29 is 4.79 Å². The van der Waals surface area contributed by atoms with Gasteiger partial charge in [-0.1, -0.05) is 0 Å². The predicted octanol–water partition coefficient (Wildman–Crippen LogP) is -0.191. The highest BCUT2D eigenvalue weighted by Crippen LogP contribution is 2.08. The summed E-state index contributed by atoms with van der Waals surface area (Å²) in [4.78, 5) is 14.2. The van der Waals surface area contributed by atoms with Crippen LogP contribution in [0.25, 0.3) is 0 Å². The Bertz CT molecular complexity index is 401. The second kappa shape index (κ2) is 3.59. The van der Waals surface area contributed by atoms with Crippen LogP contribution in [-0.4, -0.2) is 10.9 Å². The van der Waals surface area contributed by atoms with Gasteiger partial charge in [0.05, 0.1) is 11.9 Å². The average Bonchev–Trinajstić information content (AvgIpc) is 2.07. The molecule has 0 unspecified atom stereocenters. The lowest BCUT2D eigenvalue weighted by atomic mass is 10.2. The molecule has 4 nitrogen and oxygen atoms in total. The second-order valence-corrected chi connectivity index (χ2v) is 2.54. The standard InChI is InChI=1S/C9H9N3O/c1-6-4-7(2-3-9(11)13)12-5-8(6)10/h4-5H,10H2,1H3,(H2,11,13). The molecule has 0 aliphatic heterocycles. The van der Waals surface area contributed by atoms with Gasteiger partial charge in [0.2, 0.25) is 0 Å². The molecule has 13 heavy (non-hydrogen) atoms. The number of carbonyl (C=O) groups excluding carboxylic acids is 1. The maximum absolute atomic E-state index is 10.3. The third-order valence-corrected chi connectivity index (χ3v) is 1.47. The summed E-state index contributed by atoms with van der Waals surface area (Å²) < 4.78 is 0. The molecular formula is C9H9N3O. The lowest BCUT2D eigenvalue weighted by molar-refractivity contribution is -0.112. The van der Waals surface area contributed by atoms with E-state index in [1.54, 1.807) is 6.07 Å². The van der Waals surface area contributed by atoms with Crippen LogP contribution in [0.5, 0.6) is 0 Å². The normalized spacial score (nSPS) is 8.69. The van der Waals surface area contributed by atoms with E-state index in [-0.39, 0.29) is 0 Å². The summed E-state index contributed by atoms with van der Waals surface area (Å²) in [5.74, 6) is 4.04. The molecule has 0 fully saturated rings. The van der Waals surface area contributed by atoms with E-state index in [1.165, 1.54) is 6.20 Å². The summed E-state index contributed by atoms with van der Waals surface area (Å²) in [7, 11) is 0. The number of amides is 1. The minimum atomic E-state index is -0.670. The molecule has 4 heteroatoms. The quantitative estimate of drug-likeness (QED) is 0.536. The first-order valence-corrected chi connectivity index (χ1v) is 3.63. The molecule has 0 aromatic carbocycles. The molecule has 1 aromatic rings. The zero-order valence-corrected chi connectivity index (χ0v) is 7.16. The molecule has 1 heterocycles. The summed E-state index contributed by atoms with van der Waals surface area (Å²) in [5.41, 5.74) is 12.4. The van der Waals surface area contributed by atoms with E-state index in [0.29, 0.717) is 11.4 Å². The van der Waals surface area contributed by atoms with Gasteiger partial charge in [-0.2, -0.15) is 0 Å². The molecule has 0 aliphatic carbocycles. The first-order chi connectivity index (χ1) is 6.09. The molecule has 0 spiro atoms. The zero-order valence-electron chi connectivity index (χ0n) is 7.16. The highest BCUT2D eigenvalue weighted by atomic mass is 16.1. The highest BCUT2D eigenvalue weighted by molar-refractivity contribution is 5.92. The first kappa shape index (κ1) is 9.07. The smallest absolute Gasteiger partial charge is 0.293 e. The number of rotatable bonds is 0. The summed E-state index contributed by atoms with van der Waals surface area (Å²) in [6.07, 6.45) is 1.50. The summed E-state index contributed by atoms with van der Waals surface area (Å²) in [5, 5.41) is 0. The lowest BCUT2D eigenvalue weighted by Gasteiger charge is -1.97. The minimum absolute atomic E-state index is 0.491. The number of anilines is 1.